The molecule has 0 radical (unpaired) electrons. The zero-order valence-electron chi connectivity index (χ0n) is 16.0. The average Bonchev–Trinajstić information content (AvgIpc) is 3.03. The van der Waals surface area contributed by atoms with E-state index < -0.39 is 23.7 Å². The van der Waals surface area contributed by atoms with E-state index in [4.69, 9.17) is 0 Å². The molecule has 0 bridgehead atoms. The van der Waals surface area contributed by atoms with Crippen molar-refractivity contribution in [2.75, 3.05) is 5.32 Å². The van der Waals surface area contributed by atoms with Crippen LogP contribution in [0.3, 0.4) is 0 Å². The number of carbonyl (C=O) groups is 1. The minimum Gasteiger partial charge on any atom is -0.323 e. The van der Waals surface area contributed by atoms with Gasteiger partial charge in [0, 0.05) is 5.69 Å². The highest BCUT2D eigenvalue weighted by Gasteiger charge is 2.14. The van der Waals surface area contributed by atoms with Crippen molar-refractivity contribution in [1.29, 1.82) is 0 Å². The molecule has 4 aromatic rings. The maximum Gasteiger partial charge on any atom is 0.329 e. The summed E-state index contributed by atoms with van der Waals surface area (Å²) in [6, 6.07) is 15.9. The van der Waals surface area contributed by atoms with Crippen LogP contribution in [-0.2, 0) is 11.3 Å². The van der Waals surface area contributed by atoms with E-state index >= 15 is 0 Å². The lowest BCUT2D eigenvalue weighted by Crippen LogP contribution is -2.38. The number of anilines is 1. The molecular formula is C21H19N5O3. The molecule has 1 amide bonds. The summed E-state index contributed by atoms with van der Waals surface area (Å²) in [5.41, 5.74) is 2.32. The van der Waals surface area contributed by atoms with E-state index in [0.29, 0.717) is 22.3 Å². The second-order valence-electron chi connectivity index (χ2n) is 6.77. The smallest absolute Gasteiger partial charge is 0.323 e. The summed E-state index contributed by atoms with van der Waals surface area (Å²) < 4.78 is 2.63. The molecule has 2 aromatic heterocycles. The van der Waals surface area contributed by atoms with Crippen molar-refractivity contribution in [2.45, 2.75) is 20.4 Å². The molecule has 0 aliphatic rings. The fourth-order valence-corrected chi connectivity index (χ4v) is 3.31. The first-order valence-electron chi connectivity index (χ1n) is 9.08. The van der Waals surface area contributed by atoms with Crippen LogP contribution in [-0.4, -0.2) is 25.2 Å². The molecule has 0 fully saturated rings. The highest BCUT2D eigenvalue weighted by molar-refractivity contribution is 5.92. The lowest BCUT2D eigenvalue weighted by molar-refractivity contribution is -0.116. The van der Waals surface area contributed by atoms with Crippen molar-refractivity contribution >= 4 is 22.5 Å². The van der Waals surface area contributed by atoms with E-state index in [0.717, 1.165) is 16.0 Å². The monoisotopic (exact) mass is 389 g/mol. The number of para-hydroxylation sites is 3. The molecule has 2 aromatic carbocycles. The molecule has 8 nitrogen and oxygen atoms in total. The molecule has 4 rings (SSSR count). The van der Waals surface area contributed by atoms with Crippen molar-refractivity contribution in [1.82, 2.24) is 19.3 Å². The second kappa shape index (κ2) is 7.23. The van der Waals surface area contributed by atoms with E-state index in [1.165, 1.54) is 0 Å². The van der Waals surface area contributed by atoms with Crippen LogP contribution in [0.4, 0.5) is 5.69 Å². The number of hydrogen-bond donors (Lipinski definition) is 2. The quantitative estimate of drug-likeness (QED) is 0.558. The van der Waals surface area contributed by atoms with E-state index in [2.05, 4.69) is 15.4 Å². The molecule has 146 valence electrons. The van der Waals surface area contributed by atoms with Gasteiger partial charge in [-0.25, -0.2) is 9.48 Å². The van der Waals surface area contributed by atoms with E-state index in [1.807, 2.05) is 32.0 Å². The van der Waals surface area contributed by atoms with Gasteiger partial charge in [-0.1, -0.05) is 24.3 Å². The Hall–Kier alpha value is -3.94. The van der Waals surface area contributed by atoms with Crippen LogP contribution in [0.1, 0.15) is 11.4 Å². The summed E-state index contributed by atoms with van der Waals surface area (Å²) in [5.74, 6) is -0.484. The number of H-pyrrole nitrogens is 1. The standard InChI is InChI=1S/C21H19N5O3/c1-13-11-14(2)26(24-13)18-10-6-5-9-17(18)22-19(27)12-25-20(28)15-7-3-4-8-16(15)23-21(25)29/h3-11H,12H2,1-2H3,(H,22,27)(H,23,29). The zero-order chi connectivity index (χ0) is 20.5. The van der Waals surface area contributed by atoms with Crippen LogP contribution in [0, 0.1) is 13.8 Å². The van der Waals surface area contributed by atoms with Crippen molar-refractivity contribution in [3.63, 3.8) is 0 Å². The van der Waals surface area contributed by atoms with Gasteiger partial charge in [0.2, 0.25) is 5.91 Å². The van der Waals surface area contributed by atoms with Gasteiger partial charge in [-0.15, -0.1) is 0 Å². The maximum absolute atomic E-state index is 12.6. The number of nitrogens with zero attached hydrogens (tertiary/aromatic N) is 3. The summed E-state index contributed by atoms with van der Waals surface area (Å²) in [7, 11) is 0. The van der Waals surface area contributed by atoms with Gasteiger partial charge >= 0.3 is 5.69 Å². The molecule has 0 aliphatic carbocycles. The topological polar surface area (TPSA) is 102 Å². The molecular weight excluding hydrogens is 370 g/mol. The van der Waals surface area contributed by atoms with Gasteiger partial charge in [0.1, 0.15) is 6.54 Å². The van der Waals surface area contributed by atoms with Gasteiger partial charge in [-0.2, -0.15) is 5.10 Å². The van der Waals surface area contributed by atoms with Gasteiger partial charge in [0.25, 0.3) is 5.56 Å². The Morgan fingerprint density at radius 1 is 1.07 bits per heavy atom. The number of aryl methyl sites for hydroxylation is 2. The van der Waals surface area contributed by atoms with Crippen molar-refractivity contribution in [2.24, 2.45) is 0 Å². The average molecular weight is 389 g/mol. The molecule has 0 spiro atoms. The number of fused-ring (bicyclic) bond motifs is 1. The Bertz CT molecular complexity index is 1350. The lowest BCUT2D eigenvalue weighted by Gasteiger charge is -2.13. The van der Waals surface area contributed by atoms with Crippen molar-refractivity contribution < 1.29 is 4.79 Å². The Morgan fingerprint density at radius 3 is 2.55 bits per heavy atom. The first kappa shape index (κ1) is 18.4. The third kappa shape index (κ3) is 3.47. The van der Waals surface area contributed by atoms with Crippen molar-refractivity contribution in [3.8, 4) is 5.69 Å². The summed E-state index contributed by atoms with van der Waals surface area (Å²) in [6.07, 6.45) is 0. The predicted molar refractivity (Wildman–Crippen MR) is 110 cm³/mol. The number of aromatic amines is 1. The van der Waals surface area contributed by atoms with Gasteiger partial charge in [0.05, 0.1) is 28.0 Å². The summed E-state index contributed by atoms with van der Waals surface area (Å²) in [4.78, 5) is 40.2. The van der Waals surface area contributed by atoms with E-state index in [1.54, 1.807) is 41.1 Å². The molecule has 8 heteroatoms. The number of rotatable bonds is 4. The molecule has 0 saturated carbocycles. The number of carbonyl (C=O) groups excluding carboxylic acids is 1. The van der Waals surface area contributed by atoms with Gasteiger partial charge in [-0.05, 0) is 44.2 Å². The summed E-state index contributed by atoms with van der Waals surface area (Å²) in [5, 5.41) is 7.58. The third-order valence-corrected chi connectivity index (χ3v) is 4.61. The molecule has 0 saturated heterocycles. The Kier molecular flexibility index (Phi) is 4.59. The normalized spacial score (nSPS) is 11.0. The molecule has 2 heterocycles. The van der Waals surface area contributed by atoms with Crippen LogP contribution in [0.5, 0.6) is 0 Å². The minimum atomic E-state index is -0.629. The number of aromatic nitrogens is 4. The third-order valence-electron chi connectivity index (χ3n) is 4.61. The number of hydrogen-bond acceptors (Lipinski definition) is 4. The van der Waals surface area contributed by atoms with Gasteiger partial charge < -0.3 is 10.3 Å². The Morgan fingerprint density at radius 2 is 1.79 bits per heavy atom. The van der Waals surface area contributed by atoms with E-state index in [9.17, 15) is 14.4 Å². The predicted octanol–water partition coefficient (Wildman–Crippen LogP) is 2.13. The Labute approximate surface area is 165 Å². The number of benzene rings is 2. The van der Waals surface area contributed by atoms with Crippen LogP contribution in [0.15, 0.2) is 64.2 Å². The molecule has 0 unspecified atom stereocenters. The molecule has 29 heavy (non-hydrogen) atoms. The van der Waals surface area contributed by atoms with Crippen LogP contribution in [0.25, 0.3) is 16.6 Å². The molecule has 2 N–H and O–H groups in total. The highest BCUT2D eigenvalue weighted by Crippen LogP contribution is 2.21. The first-order valence-corrected chi connectivity index (χ1v) is 9.08. The van der Waals surface area contributed by atoms with Gasteiger partial charge in [-0.3, -0.25) is 14.2 Å². The molecule has 0 aliphatic heterocycles. The number of amides is 1. The fourth-order valence-electron chi connectivity index (χ4n) is 3.31. The zero-order valence-corrected chi connectivity index (χ0v) is 16.0. The second-order valence-corrected chi connectivity index (χ2v) is 6.77. The largest absolute Gasteiger partial charge is 0.329 e. The summed E-state index contributed by atoms with van der Waals surface area (Å²) >= 11 is 0. The van der Waals surface area contributed by atoms with Crippen LogP contribution < -0.4 is 16.6 Å². The molecule has 0 atom stereocenters. The summed E-state index contributed by atoms with van der Waals surface area (Å²) in [6.45, 7) is 3.42. The van der Waals surface area contributed by atoms with Crippen molar-refractivity contribution in [3.05, 3.63) is 86.8 Å². The Balaban J connectivity index is 1.66. The first-order chi connectivity index (χ1) is 13.9. The maximum atomic E-state index is 12.6. The van der Waals surface area contributed by atoms with Gasteiger partial charge in [0.15, 0.2) is 0 Å². The van der Waals surface area contributed by atoms with Crippen LogP contribution in [0.2, 0.25) is 0 Å². The fraction of sp³-hybridized carbons (Fsp3) is 0.143. The number of nitrogens with one attached hydrogen (secondary N) is 2. The SMILES string of the molecule is Cc1cc(C)n(-c2ccccc2NC(=O)Cn2c(=O)[nH]c3ccccc3c2=O)n1. The van der Waals surface area contributed by atoms with Crippen LogP contribution >= 0.6 is 0 Å². The van der Waals surface area contributed by atoms with E-state index in [-0.39, 0.29) is 0 Å². The lowest BCUT2D eigenvalue weighted by atomic mass is 10.2. The minimum absolute atomic E-state index is 0.350. The highest BCUT2D eigenvalue weighted by atomic mass is 16.2.